The van der Waals surface area contributed by atoms with Crippen LogP contribution in [0.2, 0.25) is 0 Å². The minimum absolute atomic E-state index is 0.156. The molecule has 2 atom stereocenters. The maximum Gasteiger partial charge on any atom is 0.239 e. The van der Waals surface area contributed by atoms with Gasteiger partial charge in [-0.25, -0.2) is 0 Å². The third-order valence-corrected chi connectivity index (χ3v) is 5.49. The first-order chi connectivity index (χ1) is 9.99. The summed E-state index contributed by atoms with van der Waals surface area (Å²) in [4.78, 5) is 14.6. The smallest absolute Gasteiger partial charge is 0.239 e. The molecule has 0 radical (unpaired) electrons. The first-order valence-electron chi connectivity index (χ1n) is 8.77. The molecule has 0 aromatic heterocycles. The van der Waals surface area contributed by atoms with Crippen LogP contribution >= 0.6 is 0 Å². The largest absolute Gasteiger partial charge is 0.368 e. The molecule has 2 unspecified atom stereocenters. The van der Waals surface area contributed by atoms with Gasteiger partial charge in [-0.3, -0.25) is 4.79 Å². The lowest BCUT2D eigenvalue weighted by Gasteiger charge is -2.36. The highest BCUT2D eigenvalue weighted by Gasteiger charge is 2.50. The van der Waals surface area contributed by atoms with Crippen molar-refractivity contribution in [2.75, 3.05) is 26.2 Å². The number of amides is 1. The van der Waals surface area contributed by atoms with Crippen LogP contribution in [0.5, 0.6) is 0 Å². The van der Waals surface area contributed by atoms with Crippen molar-refractivity contribution < 1.29 is 4.79 Å². The fraction of sp³-hybridized carbons (Fsp3) is 0.941. The summed E-state index contributed by atoms with van der Waals surface area (Å²) in [5.41, 5.74) is 5.31. The highest BCUT2D eigenvalue weighted by Crippen LogP contribution is 2.40. The van der Waals surface area contributed by atoms with Gasteiger partial charge in [-0.15, -0.1) is 0 Å². The minimum Gasteiger partial charge on any atom is -0.368 e. The average molecular weight is 295 g/mol. The van der Waals surface area contributed by atoms with Crippen LogP contribution in [0.1, 0.15) is 52.9 Å². The van der Waals surface area contributed by atoms with E-state index in [-0.39, 0.29) is 5.91 Å². The van der Waals surface area contributed by atoms with Crippen molar-refractivity contribution in [1.82, 2.24) is 10.2 Å². The molecule has 0 bridgehead atoms. The van der Waals surface area contributed by atoms with E-state index >= 15 is 0 Å². The molecule has 0 aromatic carbocycles. The quantitative estimate of drug-likeness (QED) is 0.755. The standard InChI is InChI=1S/C17H33N3O/c1-4-19-17(16(18)21,15-7-8-15)12-20-10-5-6-14(9-11-20)13(2)3/h13-15,19H,4-12H2,1-3H3,(H2,18,21). The van der Waals surface area contributed by atoms with Crippen molar-refractivity contribution in [3.05, 3.63) is 0 Å². The molecule has 21 heavy (non-hydrogen) atoms. The number of nitrogens with one attached hydrogen (secondary N) is 1. The molecule has 2 aliphatic rings. The summed E-state index contributed by atoms with van der Waals surface area (Å²) in [6.07, 6.45) is 6.09. The van der Waals surface area contributed by atoms with Gasteiger partial charge in [-0.2, -0.15) is 0 Å². The maximum atomic E-state index is 12.2. The van der Waals surface area contributed by atoms with Gasteiger partial charge >= 0.3 is 0 Å². The van der Waals surface area contributed by atoms with Gasteiger partial charge in [-0.05, 0) is 69.5 Å². The maximum absolute atomic E-state index is 12.2. The lowest BCUT2D eigenvalue weighted by Crippen LogP contribution is -2.63. The Bertz CT molecular complexity index is 354. The van der Waals surface area contributed by atoms with Crippen molar-refractivity contribution >= 4 is 5.91 Å². The second-order valence-corrected chi connectivity index (χ2v) is 7.35. The van der Waals surface area contributed by atoms with Crippen LogP contribution in [0.4, 0.5) is 0 Å². The summed E-state index contributed by atoms with van der Waals surface area (Å²) in [7, 11) is 0. The molecule has 2 rings (SSSR count). The van der Waals surface area contributed by atoms with Crippen molar-refractivity contribution in [3.63, 3.8) is 0 Å². The average Bonchev–Trinajstić information content (AvgIpc) is 3.25. The van der Waals surface area contributed by atoms with Crippen molar-refractivity contribution in [2.24, 2.45) is 23.5 Å². The van der Waals surface area contributed by atoms with Crippen LogP contribution in [0.25, 0.3) is 0 Å². The molecular formula is C17H33N3O. The Labute approximate surface area is 129 Å². The number of nitrogens with zero attached hydrogens (tertiary/aromatic N) is 1. The van der Waals surface area contributed by atoms with Gasteiger partial charge in [0.1, 0.15) is 5.54 Å². The second-order valence-electron chi connectivity index (χ2n) is 7.35. The molecule has 1 saturated heterocycles. The normalized spacial score (nSPS) is 27.3. The highest BCUT2D eigenvalue weighted by atomic mass is 16.1. The Morgan fingerprint density at radius 3 is 2.52 bits per heavy atom. The molecule has 1 aliphatic heterocycles. The summed E-state index contributed by atoms with van der Waals surface area (Å²) < 4.78 is 0. The Kier molecular flexibility index (Phi) is 5.67. The van der Waals surface area contributed by atoms with E-state index in [2.05, 4.69) is 31.0 Å². The van der Waals surface area contributed by atoms with Crippen LogP contribution in [0.3, 0.4) is 0 Å². The van der Waals surface area contributed by atoms with E-state index < -0.39 is 5.54 Å². The zero-order valence-electron chi connectivity index (χ0n) is 14.0. The van der Waals surface area contributed by atoms with E-state index in [9.17, 15) is 4.79 Å². The van der Waals surface area contributed by atoms with Gasteiger partial charge in [0.2, 0.25) is 5.91 Å². The van der Waals surface area contributed by atoms with Gasteiger partial charge in [0, 0.05) is 6.54 Å². The monoisotopic (exact) mass is 295 g/mol. The molecule has 4 heteroatoms. The molecule has 4 nitrogen and oxygen atoms in total. The lowest BCUT2D eigenvalue weighted by molar-refractivity contribution is -0.126. The topological polar surface area (TPSA) is 58.4 Å². The van der Waals surface area contributed by atoms with Crippen molar-refractivity contribution in [1.29, 1.82) is 0 Å². The van der Waals surface area contributed by atoms with Crippen LogP contribution < -0.4 is 11.1 Å². The number of carbonyl (C=O) groups is 1. The van der Waals surface area contributed by atoms with E-state index in [1.165, 1.54) is 19.3 Å². The molecule has 1 heterocycles. The molecule has 3 N–H and O–H groups in total. The summed E-state index contributed by atoms with van der Waals surface area (Å²) in [5.74, 6) is 1.89. The summed E-state index contributed by atoms with van der Waals surface area (Å²) in [5, 5.41) is 3.44. The minimum atomic E-state index is -0.494. The van der Waals surface area contributed by atoms with Crippen LogP contribution in [0, 0.1) is 17.8 Å². The van der Waals surface area contributed by atoms with E-state index in [1.54, 1.807) is 0 Å². The van der Waals surface area contributed by atoms with E-state index in [4.69, 9.17) is 5.73 Å². The molecule has 1 amide bonds. The molecule has 2 fully saturated rings. The van der Waals surface area contributed by atoms with Gasteiger partial charge in [0.05, 0.1) is 0 Å². The molecule has 1 saturated carbocycles. The van der Waals surface area contributed by atoms with Gasteiger partial charge in [0.15, 0.2) is 0 Å². The first-order valence-corrected chi connectivity index (χ1v) is 8.77. The third kappa shape index (κ3) is 3.98. The predicted octanol–water partition coefficient (Wildman–Crippen LogP) is 1.99. The summed E-state index contributed by atoms with van der Waals surface area (Å²) in [6, 6.07) is 0. The molecule has 0 aromatic rings. The Hall–Kier alpha value is -0.610. The number of rotatable bonds is 7. The zero-order chi connectivity index (χ0) is 15.5. The number of nitrogens with two attached hydrogens (primary N) is 1. The van der Waals surface area contributed by atoms with Crippen LogP contribution in [0.15, 0.2) is 0 Å². The molecule has 1 aliphatic carbocycles. The van der Waals surface area contributed by atoms with Crippen molar-refractivity contribution in [2.45, 2.75) is 58.4 Å². The SMILES string of the molecule is CCNC(CN1CCCC(C(C)C)CC1)(C(N)=O)C1CC1. The second kappa shape index (κ2) is 7.10. The summed E-state index contributed by atoms with van der Waals surface area (Å²) >= 11 is 0. The van der Waals surface area contributed by atoms with Crippen molar-refractivity contribution in [3.8, 4) is 0 Å². The molecule has 0 spiro atoms. The zero-order valence-corrected chi connectivity index (χ0v) is 14.0. The lowest BCUT2D eigenvalue weighted by atomic mass is 9.89. The third-order valence-electron chi connectivity index (χ3n) is 5.49. The fourth-order valence-electron chi connectivity index (χ4n) is 3.95. The number of likely N-dealkylation sites (N-methyl/N-ethyl adjacent to an activating group) is 1. The van der Waals surface area contributed by atoms with Crippen LogP contribution in [-0.2, 0) is 4.79 Å². The first kappa shape index (κ1) is 16.8. The Morgan fingerprint density at radius 2 is 2.00 bits per heavy atom. The number of carbonyl (C=O) groups excluding carboxylic acids is 1. The van der Waals surface area contributed by atoms with Gasteiger partial charge < -0.3 is 16.0 Å². The van der Waals surface area contributed by atoms with E-state index in [0.717, 1.165) is 50.9 Å². The molecule has 122 valence electrons. The number of hydrogen-bond donors (Lipinski definition) is 2. The Balaban J connectivity index is 2.01. The number of hydrogen-bond acceptors (Lipinski definition) is 3. The number of likely N-dealkylation sites (tertiary alicyclic amines) is 1. The van der Waals surface area contributed by atoms with Crippen LogP contribution in [-0.4, -0.2) is 42.5 Å². The van der Waals surface area contributed by atoms with E-state index in [1.807, 2.05) is 0 Å². The van der Waals surface area contributed by atoms with E-state index in [0.29, 0.717) is 5.92 Å². The fourth-order valence-corrected chi connectivity index (χ4v) is 3.95. The number of primary amides is 1. The van der Waals surface area contributed by atoms with Gasteiger partial charge in [-0.1, -0.05) is 20.8 Å². The highest BCUT2D eigenvalue weighted by molar-refractivity contribution is 5.86. The predicted molar refractivity (Wildman–Crippen MR) is 86.9 cm³/mol. The molecular weight excluding hydrogens is 262 g/mol. The summed E-state index contributed by atoms with van der Waals surface area (Å²) in [6.45, 7) is 10.5. The van der Waals surface area contributed by atoms with Gasteiger partial charge in [0.25, 0.3) is 0 Å². The Morgan fingerprint density at radius 1 is 1.29 bits per heavy atom.